The van der Waals surface area contributed by atoms with Crippen LogP contribution in [0.15, 0.2) is 24.3 Å². The summed E-state index contributed by atoms with van der Waals surface area (Å²) in [6.45, 7) is 2.35. The van der Waals surface area contributed by atoms with E-state index >= 15 is 0 Å². The van der Waals surface area contributed by atoms with Crippen molar-refractivity contribution in [2.24, 2.45) is 0 Å². The van der Waals surface area contributed by atoms with Crippen LogP contribution in [-0.4, -0.2) is 61.4 Å². The highest BCUT2D eigenvalue weighted by atomic mass is 16.5. The third-order valence-electron chi connectivity index (χ3n) is 3.42. The lowest BCUT2D eigenvalue weighted by molar-refractivity contribution is -0.873. The summed E-state index contributed by atoms with van der Waals surface area (Å²) in [6.07, 6.45) is 9.24. The first-order valence-corrected chi connectivity index (χ1v) is 8.78. The number of carbonyl (C=O) groups is 2. The zero-order valence-corrected chi connectivity index (χ0v) is 15.9. The van der Waals surface area contributed by atoms with Crippen molar-refractivity contribution in [1.29, 1.82) is 0 Å². The van der Waals surface area contributed by atoms with E-state index in [9.17, 15) is 19.8 Å². The first-order valence-electron chi connectivity index (χ1n) is 8.78. The fourth-order valence-corrected chi connectivity index (χ4v) is 2.35. The predicted molar refractivity (Wildman–Crippen MR) is 95.4 cm³/mol. The van der Waals surface area contributed by atoms with Crippen molar-refractivity contribution in [3.05, 3.63) is 24.3 Å². The molecular weight excluding hydrogens is 322 g/mol. The molecule has 144 valence electrons. The van der Waals surface area contributed by atoms with Gasteiger partial charge in [-0.1, -0.05) is 24.3 Å². The normalized spacial score (nSPS) is 14.8. The number of quaternary nitrogens is 1. The molecule has 6 heteroatoms. The van der Waals surface area contributed by atoms with Crippen LogP contribution in [0.4, 0.5) is 0 Å². The van der Waals surface area contributed by atoms with Crippen molar-refractivity contribution >= 4 is 11.9 Å². The van der Waals surface area contributed by atoms with Gasteiger partial charge in [-0.15, -0.1) is 0 Å². The molecule has 0 aliphatic carbocycles. The molecule has 0 fully saturated rings. The molecule has 1 N–H and O–H groups in total. The number of unbranched alkanes of at least 4 members (excludes halogenated alkanes) is 1. The zero-order valence-electron chi connectivity index (χ0n) is 15.9. The summed E-state index contributed by atoms with van der Waals surface area (Å²) < 4.78 is 5.68. The summed E-state index contributed by atoms with van der Waals surface area (Å²) in [5.41, 5.74) is 0. The average Bonchev–Trinajstić information content (AvgIpc) is 2.43. The maximum absolute atomic E-state index is 11.9. The number of aliphatic carboxylic acids is 1. The van der Waals surface area contributed by atoms with Gasteiger partial charge >= 0.3 is 5.97 Å². The van der Waals surface area contributed by atoms with E-state index in [1.165, 1.54) is 0 Å². The SMILES string of the molecule is C/C=C/CC/C=C/CCC(O)CC(=O)OC(CC(=O)[O-])C[N+](C)(C)C. The third-order valence-corrected chi connectivity index (χ3v) is 3.42. The topological polar surface area (TPSA) is 86.7 Å². The van der Waals surface area contributed by atoms with Gasteiger partial charge < -0.3 is 24.2 Å². The van der Waals surface area contributed by atoms with E-state index < -0.39 is 24.1 Å². The highest BCUT2D eigenvalue weighted by Crippen LogP contribution is 2.09. The number of hydrogen-bond donors (Lipinski definition) is 1. The Morgan fingerprint density at radius 1 is 1.08 bits per heavy atom. The van der Waals surface area contributed by atoms with Gasteiger partial charge in [0.2, 0.25) is 0 Å². The van der Waals surface area contributed by atoms with Crippen LogP contribution in [-0.2, 0) is 14.3 Å². The van der Waals surface area contributed by atoms with Crippen LogP contribution in [0.3, 0.4) is 0 Å². The van der Waals surface area contributed by atoms with Crippen LogP contribution in [0.1, 0.15) is 45.4 Å². The quantitative estimate of drug-likeness (QED) is 0.232. The van der Waals surface area contributed by atoms with E-state index in [1.54, 1.807) is 0 Å². The Morgan fingerprint density at radius 2 is 1.68 bits per heavy atom. The minimum Gasteiger partial charge on any atom is -0.550 e. The van der Waals surface area contributed by atoms with Gasteiger partial charge in [-0.25, -0.2) is 0 Å². The molecule has 0 heterocycles. The van der Waals surface area contributed by atoms with Gasteiger partial charge in [0.25, 0.3) is 0 Å². The molecule has 25 heavy (non-hydrogen) atoms. The number of allylic oxidation sites excluding steroid dienone is 4. The largest absolute Gasteiger partial charge is 0.550 e. The summed E-state index contributed by atoms with van der Waals surface area (Å²) in [6, 6.07) is 0. The second-order valence-electron chi connectivity index (χ2n) is 7.21. The average molecular weight is 355 g/mol. The molecule has 0 saturated heterocycles. The number of aliphatic hydroxyl groups excluding tert-OH is 1. The van der Waals surface area contributed by atoms with Gasteiger partial charge in [0.05, 0.1) is 33.7 Å². The van der Waals surface area contributed by atoms with Crippen LogP contribution in [0.25, 0.3) is 0 Å². The number of ether oxygens (including phenoxy) is 1. The number of aliphatic hydroxyl groups is 1. The van der Waals surface area contributed by atoms with Gasteiger partial charge in [-0.05, 0) is 32.6 Å². The van der Waals surface area contributed by atoms with E-state index in [2.05, 4.69) is 12.2 Å². The fourth-order valence-electron chi connectivity index (χ4n) is 2.35. The molecular formula is C19H33NO5. The van der Waals surface area contributed by atoms with Gasteiger partial charge in [-0.2, -0.15) is 0 Å². The van der Waals surface area contributed by atoms with E-state index in [4.69, 9.17) is 4.74 Å². The number of nitrogens with zero attached hydrogens (tertiary/aromatic N) is 1. The van der Waals surface area contributed by atoms with Crippen molar-refractivity contribution < 1.29 is 29.0 Å². The Kier molecular flexibility index (Phi) is 11.8. The molecule has 0 spiro atoms. The summed E-state index contributed by atoms with van der Waals surface area (Å²) in [5.74, 6) is -1.83. The lowest BCUT2D eigenvalue weighted by Crippen LogP contribution is -2.45. The highest BCUT2D eigenvalue weighted by Gasteiger charge is 2.23. The van der Waals surface area contributed by atoms with Gasteiger partial charge in [0.15, 0.2) is 6.10 Å². The molecule has 0 bridgehead atoms. The lowest BCUT2D eigenvalue weighted by Gasteiger charge is -2.29. The summed E-state index contributed by atoms with van der Waals surface area (Å²) in [4.78, 5) is 22.7. The van der Waals surface area contributed by atoms with E-state index in [0.717, 1.165) is 12.8 Å². The second-order valence-corrected chi connectivity index (χ2v) is 7.21. The summed E-state index contributed by atoms with van der Waals surface area (Å²) in [5, 5.41) is 20.7. The van der Waals surface area contributed by atoms with Crippen molar-refractivity contribution in [1.82, 2.24) is 0 Å². The first-order chi connectivity index (χ1) is 11.6. The van der Waals surface area contributed by atoms with Crippen molar-refractivity contribution in [2.75, 3.05) is 27.7 Å². The number of carboxylic acids is 1. The molecule has 0 saturated carbocycles. The van der Waals surface area contributed by atoms with Crippen molar-refractivity contribution in [3.63, 3.8) is 0 Å². The van der Waals surface area contributed by atoms with Crippen molar-refractivity contribution in [2.45, 2.75) is 57.7 Å². The van der Waals surface area contributed by atoms with Gasteiger partial charge in [-0.3, -0.25) is 4.79 Å². The minimum absolute atomic E-state index is 0.132. The molecule has 0 radical (unpaired) electrons. The third kappa shape index (κ3) is 15.6. The molecule has 0 aromatic rings. The molecule has 6 nitrogen and oxygen atoms in total. The molecule has 0 aromatic heterocycles. The fraction of sp³-hybridized carbons (Fsp3) is 0.684. The number of hydrogen-bond acceptors (Lipinski definition) is 5. The van der Waals surface area contributed by atoms with E-state index in [0.29, 0.717) is 23.9 Å². The number of likely N-dealkylation sites (N-methyl/N-ethyl adjacent to an activating group) is 1. The van der Waals surface area contributed by atoms with E-state index in [-0.39, 0.29) is 12.8 Å². The molecule has 0 aromatic carbocycles. The maximum atomic E-state index is 11.9. The number of carbonyl (C=O) groups excluding carboxylic acids is 2. The standard InChI is InChI=1S/C19H33NO5/c1-5-6-7-8-9-10-11-12-16(21)13-19(24)25-17(14-18(22)23)15-20(2,3)4/h5-6,9-10,16-17,21H,7-8,11-15H2,1-4H3/b6-5+,10-9+. The smallest absolute Gasteiger partial charge is 0.308 e. The highest BCUT2D eigenvalue weighted by molar-refractivity contribution is 5.71. The molecule has 0 rings (SSSR count). The Balaban J connectivity index is 4.20. The Morgan fingerprint density at radius 3 is 2.24 bits per heavy atom. The summed E-state index contributed by atoms with van der Waals surface area (Å²) >= 11 is 0. The molecule has 2 atom stereocenters. The molecule has 2 unspecified atom stereocenters. The van der Waals surface area contributed by atoms with Crippen LogP contribution in [0, 0.1) is 0 Å². The van der Waals surface area contributed by atoms with Crippen LogP contribution in [0.2, 0.25) is 0 Å². The van der Waals surface area contributed by atoms with Crippen LogP contribution in [0.5, 0.6) is 0 Å². The molecule has 0 aliphatic rings. The van der Waals surface area contributed by atoms with Crippen LogP contribution < -0.4 is 5.11 Å². The minimum atomic E-state index is -1.25. The van der Waals surface area contributed by atoms with Crippen molar-refractivity contribution in [3.8, 4) is 0 Å². The lowest BCUT2D eigenvalue weighted by atomic mass is 10.1. The number of rotatable bonds is 13. The van der Waals surface area contributed by atoms with Crippen LogP contribution >= 0.6 is 0 Å². The number of carboxylic acid groups (broad SMARTS) is 1. The maximum Gasteiger partial charge on any atom is 0.308 e. The second kappa shape index (κ2) is 12.7. The van der Waals surface area contributed by atoms with E-state index in [1.807, 2.05) is 40.2 Å². The van der Waals surface area contributed by atoms with Gasteiger partial charge in [0.1, 0.15) is 6.54 Å². The molecule has 0 amide bonds. The number of esters is 1. The monoisotopic (exact) mass is 355 g/mol. The Labute approximate surface area is 151 Å². The summed E-state index contributed by atoms with van der Waals surface area (Å²) in [7, 11) is 5.65. The van der Waals surface area contributed by atoms with Gasteiger partial charge in [0, 0.05) is 12.4 Å². The first kappa shape index (κ1) is 23.3. The zero-order chi connectivity index (χ0) is 19.3. The molecule has 0 aliphatic heterocycles. The Hall–Kier alpha value is -1.66. The Bertz CT molecular complexity index is 451. The predicted octanol–water partition coefficient (Wildman–Crippen LogP) is 1.19.